The number of hydrogen-bond acceptors (Lipinski definition) is 5. The molecular weight excluding hydrogens is 553 g/mol. The van der Waals surface area contributed by atoms with Crippen LogP contribution >= 0.6 is 46.6 Å². The third-order valence-electron chi connectivity index (χ3n) is 5.39. The van der Waals surface area contributed by atoms with Crippen molar-refractivity contribution in [2.45, 2.75) is 42.7 Å². The van der Waals surface area contributed by atoms with Gasteiger partial charge in [-0.2, -0.15) is 0 Å². The van der Waals surface area contributed by atoms with Crippen molar-refractivity contribution in [1.82, 2.24) is 4.57 Å². The molecule has 0 bridgehead atoms. The van der Waals surface area contributed by atoms with Crippen molar-refractivity contribution in [2.75, 3.05) is 7.11 Å². The Balaban J connectivity index is 1.71. The monoisotopic (exact) mass is 575 g/mol. The summed E-state index contributed by atoms with van der Waals surface area (Å²) in [4.78, 5) is 26.8. The Bertz CT molecular complexity index is 1490. The largest absolute Gasteiger partial charge is 0.464 e. The Kier molecular flexibility index (Phi) is 8.14. The van der Waals surface area contributed by atoms with Crippen LogP contribution in [0.5, 0.6) is 0 Å². The summed E-state index contributed by atoms with van der Waals surface area (Å²) in [6, 6.07) is 18.0. The van der Waals surface area contributed by atoms with Crippen LogP contribution in [0.3, 0.4) is 0 Å². The maximum absolute atomic E-state index is 12.6. The first kappa shape index (κ1) is 27.4. The van der Waals surface area contributed by atoms with Crippen LogP contribution in [-0.2, 0) is 16.0 Å². The molecule has 0 aliphatic heterocycles. The molecule has 4 rings (SSSR count). The van der Waals surface area contributed by atoms with Crippen molar-refractivity contribution < 1.29 is 19.1 Å². The van der Waals surface area contributed by atoms with Crippen LogP contribution in [0.2, 0.25) is 15.1 Å². The number of methoxy groups -OCH3 is 1. The maximum Gasteiger partial charge on any atom is 0.354 e. The van der Waals surface area contributed by atoms with Gasteiger partial charge in [-0.1, -0.05) is 58.7 Å². The van der Waals surface area contributed by atoms with Crippen LogP contribution in [0, 0.1) is 0 Å². The van der Waals surface area contributed by atoms with Crippen LogP contribution in [-0.4, -0.2) is 29.2 Å². The molecule has 5 nitrogen and oxygen atoms in total. The first-order valence-electron chi connectivity index (χ1n) is 11.3. The van der Waals surface area contributed by atoms with Gasteiger partial charge in [0, 0.05) is 21.7 Å². The SMILES string of the molecule is COC(=O)c1cc2c(Cl)cc(Sc3ccc(Cl)c(Cl)c3)cc2n1Cc1ccc(C(=O)OC(C)(C)C)cc1. The van der Waals surface area contributed by atoms with E-state index in [1.54, 1.807) is 30.3 Å². The predicted molar refractivity (Wildman–Crippen MR) is 150 cm³/mol. The summed E-state index contributed by atoms with van der Waals surface area (Å²) in [5.41, 5.74) is 1.89. The molecule has 0 aliphatic carbocycles. The number of esters is 2. The summed E-state index contributed by atoms with van der Waals surface area (Å²) in [5.74, 6) is -0.868. The van der Waals surface area contributed by atoms with E-state index in [1.807, 2.05) is 55.7 Å². The molecule has 0 radical (unpaired) electrons. The molecular formula is C28H24Cl3NO4S. The Morgan fingerprint density at radius 1 is 0.838 bits per heavy atom. The highest BCUT2D eigenvalue weighted by molar-refractivity contribution is 7.99. The van der Waals surface area contributed by atoms with Crippen molar-refractivity contribution >= 4 is 69.4 Å². The van der Waals surface area contributed by atoms with Gasteiger partial charge in [0.15, 0.2) is 0 Å². The van der Waals surface area contributed by atoms with Crippen LogP contribution in [0.15, 0.2) is 70.5 Å². The lowest BCUT2D eigenvalue weighted by Crippen LogP contribution is -2.23. The normalized spacial score (nSPS) is 11.5. The van der Waals surface area contributed by atoms with Gasteiger partial charge in [0.2, 0.25) is 0 Å². The summed E-state index contributed by atoms with van der Waals surface area (Å²) < 4.78 is 12.3. The number of rotatable bonds is 6. The number of nitrogens with zero attached hydrogens (tertiary/aromatic N) is 1. The molecule has 37 heavy (non-hydrogen) atoms. The summed E-state index contributed by atoms with van der Waals surface area (Å²) >= 11 is 20.4. The van der Waals surface area contributed by atoms with Gasteiger partial charge in [-0.25, -0.2) is 9.59 Å². The lowest BCUT2D eigenvalue weighted by Gasteiger charge is -2.19. The van der Waals surface area contributed by atoms with Crippen molar-refractivity contribution in [2.24, 2.45) is 0 Å². The molecule has 0 amide bonds. The molecule has 0 saturated heterocycles. The summed E-state index contributed by atoms with van der Waals surface area (Å²) in [7, 11) is 1.34. The van der Waals surface area contributed by atoms with Gasteiger partial charge in [-0.3, -0.25) is 0 Å². The standard InChI is InChI=1S/C28H24Cl3NO4S/c1-28(2,3)36-26(33)17-7-5-16(6-8-17)15-32-24-13-19(37-18-9-10-21(29)23(31)11-18)12-22(30)20(24)14-25(32)27(34)35-4/h5-14H,15H2,1-4H3. The quantitative estimate of drug-likeness (QED) is 0.215. The van der Waals surface area contributed by atoms with Gasteiger partial charge in [0.05, 0.1) is 33.3 Å². The van der Waals surface area contributed by atoms with Crippen LogP contribution in [0.1, 0.15) is 47.2 Å². The zero-order valence-corrected chi connectivity index (χ0v) is 23.7. The number of aromatic nitrogens is 1. The molecule has 0 N–H and O–H groups in total. The van der Waals surface area contributed by atoms with Crippen molar-refractivity contribution in [3.8, 4) is 0 Å². The van der Waals surface area contributed by atoms with Crippen LogP contribution in [0.25, 0.3) is 10.9 Å². The molecule has 0 fully saturated rings. The third kappa shape index (κ3) is 6.44. The third-order valence-corrected chi connectivity index (χ3v) is 7.41. The summed E-state index contributed by atoms with van der Waals surface area (Å²) in [6.07, 6.45) is 0. The van der Waals surface area contributed by atoms with E-state index in [2.05, 4.69) is 0 Å². The Hall–Kier alpha value is -2.64. The molecule has 0 atom stereocenters. The minimum absolute atomic E-state index is 0.361. The van der Waals surface area contributed by atoms with Gasteiger partial charge in [0.1, 0.15) is 11.3 Å². The number of fused-ring (bicyclic) bond motifs is 1. The lowest BCUT2D eigenvalue weighted by molar-refractivity contribution is 0.00693. The van der Waals surface area contributed by atoms with Crippen LogP contribution < -0.4 is 0 Å². The molecule has 3 aromatic carbocycles. The van der Waals surface area contributed by atoms with E-state index in [-0.39, 0.29) is 0 Å². The minimum atomic E-state index is -0.582. The molecule has 0 saturated carbocycles. The highest BCUT2D eigenvalue weighted by atomic mass is 35.5. The minimum Gasteiger partial charge on any atom is -0.464 e. The highest BCUT2D eigenvalue weighted by Gasteiger charge is 2.20. The molecule has 0 aliphatic rings. The topological polar surface area (TPSA) is 57.5 Å². The molecule has 1 aromatic heterocycles. The second-order valence-corrected chi connectivity index (χ2v) is 11.7. The maximum atomic E-state index is 12.6. The van der Waals surface area contributed by atoms with E-state index in [1.165, 1.54) is 18.9 Å². The highest BCUT2D eigenvalue weighted by Crippen LogP contribution is 2.38. The molecule has 9 heteroatoms. The fourth-order valence-electron chi connectivity index (χ4n) is 3.73. The first-order chi connectivity index (χ1) is 17.4. The fraction of sp³-hybridized carbons (Fsp3) is 0.214. The fourth-order valence-corrected chi connectivity index (χ4v) is 5.36. The number of ether oxygens (including phenoxy) is 2. The Morgan fingerprint density at radius 2 is 1.51 bits per heavy atom. The molecule has 0 spiro atoms. The molecule has 4 aromatic rings. The number of hydrogen-bond donors (Lipinski definition) is 0. The molecule has 1 heterocycles. The van der Waals surface area contributed by atoms with Crippen LogP contribution in [0.4, 0.5) is 0 Å². The number of carbonyl (C=O) groups is 2. The second-order valence-electron chi connectivity index (χ2n) is 9.32. The average Bonchev–Trinajstić information content (AvgIpc) is 3.19. The van der Waals surface area contributed by atoms with Crippen molar-refractivity contribution in [3.63, 3.8) is 0 Å². The molecule has 0 unspecified atom stereocenters. The van der Waals surface area contributed by atoms with E-state index < -0.39 is 17.5 Å². The van der Waals surface area contributed by atoms with E-state index in [9.17, 15) is 9.59 Å². The second kappa shape index (κ2) is 11.0. The zero-order valence-electron chi connectivity index (χ0n) is 20.6. The van der Waals surface area contributed by atoms with E-state index >= 15 is 0 Å². The van der Waals surface area contributed by atoms with Crippen molar-refractivity contribution in [1.29, 1.82) is 0 Å². The molecule has 192 valence electrons. The first-order valence-corrected chi connectivity index (χ1v) is 13.3. The number of halogens is 3. The average molecular weight is 577 g/mol. The van der Waals surface area contributed by atoms with Gasteiger partial charge >= 0.3 is 11.9 Å². The van der Waals surface area contributed by atoms with Crippen molar-refractivity contribution in [3.05, 3.63) is 92.6 Å². The predicted octanol–water partition coefficient (Wildman–Crippen LogP) is 8.54. The lowest BCUT2D eigenvalue weighted by atomic mass is 10.1. The van der Waals surface area contributed by atoms with Gasteiger partial charge in [0.25, 0.3) is 0 Å². The number of benzene rings is 3. The Labute approximate surface area is 234 Å². The summed E-state index contributed by atoms with van der Waals surface area (Å²) in [6.45, 7) is 5.83. The zero-order chi connectivity index (χ0) is 26.9. The number of carbonyl (C=O) groups excluding carboxylic acids is 2. The van der Waals surface area contributed by atoms with Gasteiger partial charge in [-0.05, 0) is 74.9 Å². The van der Waals surface area contributed by atoms with Gasteiger partial charge in [-0.15, -0.1) is 0 Å². The van der Waals surface area contributed by atoms with Gasteiger partial charge < -0.3 is 14.0 Å². The van der Waals surface area contributed by atoms with E-state index in [0.717, 1.165) is 26.3 Å². The summed E-state index contributed by atoms with van der Waals surface area (Å²) in [5, 5.41) is 2.17. The smallest absolute Gasteiger partial charge is 0.354 e. The van der Waals surface area contributed by atoms with E-state index in [0.29, 0.717) is 32.9 Å². The van der Waals surface area contributed by atoms with E-state index in [4.69, 9.17) is 44.3 Å². The Morgan fingerprint density at radius 3 is 2.14 bits per heavy atom.